The van der Waals surface area contributed by atoms with Crippen LogP contribution in [0.15, 0.2) is 54.9 Å². The molecular formula is C26H32N6O2. The highest BCUT2D eigenvalue weighted by molar-refractivity contribution is 5.72. The number of benzene rings is 1. The van der Waals surface area contributed by atoms with Crippen LogP contribution in [0.1, 0.15) is 32.3 Å². The molecule has 178 valence electrons. The van der Waals surface area contributed by atoms with Gasteiger partial charge in [-0.05, 0) is 44.4 Å². The van der Waals surface area contributed by atoms with Crippen molar-refractivity contribution in [3.05, 3.63) is 60.4 Å². The third kappa shape index (κ3) is 4.97. The third-order valence-corrected chi connectivity index (χ3v) is 6.82. The van der Waals surface area contributed by atoms with Crippen LogP contribution < -0.4 is 4.90 Å². The van der Waals surface area contributed by atoms with Crippen LogP contribution in [0.2, 0.25) is 0 Å². The number of aromatic nitrogens is 3. The van der Waals surface area contributed by atoms with E-state index in [4.69, 9.17) is 4.74 Å². The summed E-state index contributed by atoms with van der Waals surface area (Å²) in [6.07, 6.45) is 4.87. The van der Waals surface area contributed by atoms with E-state index in [1.165, 1.54) is 5.56 Å². The number of piperidine rings is 1. The quantitative estimate of drug-likeness (QED) is 0.587. The predicted molar refractivity (Wildman–Crippen MR) is 132 cm³/mol. The van der Waals surface area contributed by atoms with Gasteiger partial charge in [0.1, 0.15) is 17.4 Å². The average Bonchev–Trinajstić information content (AvgIpc) is 2.85. The first kappa shape index (κ1) is 22.5. The molecule has 34 heavy (non-hydrogen) atoms. The fourth-order valence-corrected chi connectivity index (χ4v) is 5.12. The van der Waals surface area contributed by atoms with Gasteiger partial charge in [0, 0.05) is 45.1 Å². The lowest BCUT2D eigenvalue weighted by Gasteiger charge is -2.44. The standard InChI is InChI=1S/C26H32N6O2/c1-19-16-31(24-9-8-23-25(29-24)28-13-12-27-23)17-20(2)32(19)26(33)34-22-10-14-30(15-11-22)18-21-6-4-3-5-7-21/h3-9,12-13,19-20,22H,10-11,14-18H2,1-2H3/t19-,20+. The van der Waals surface area contributed by atoms with Crippen molar-refractivity contribution < 1.29 is 9.53 Å². The Bertz CT molecular complexity index is 1110. The first-order valence-corrected chi connectivity index (χ1v) is 12.1. The minimum Gasteiger partial charge on any atom is -0.446 e. The van der Waals surface area contributed by atoms with Crippen LogP contribution in [0, 0.1) is 0 Å². The van der Waals surface area contributed by atoms with Crippen LogP contribution in [0.4, 0.5) is 10.6 Å². The second-order valence-corrected chi connectivity index (χ2v) is 9.42. The molecule has 8 heteroatoms. The molecule has 0 spiro atoms. The summed E-state index contributed by atoms with van der Waals surface area (Å²) in [5.74, 6) is 0.866. The minimum atomic E-state index is -0.196. The van der Waals surface area contributed by atoms with Gasteiger partial charge < -0.3 is 9.64 Å². The number of likely N-dealkylation sites (tertiary alicyclic amines) is 1. The summed E-state index contributed by atoms with van der Waals surface area (Å²) in [5.41, 5.74) is 2.75. The van der Waals surface area contributed by atoms with E-state index in [0.717, 1.165) is 43.8 Å². The second kappa shape index (κ2) is 9.93. The molecular weight excluding hydrogens is 428 g/mol. The average molecular weight is 461 g/mol. The third-order valence-electron chi connectivity index (χ3n) is 6.82. The number of amides is 1. The van der Waals surface area contributed by atoms with Crippen molar-refractivity contribution >= 4 is 23.1 Å². The number of pyridine rings is 1. The van der Waals surface area contributed by atoms with Crippen LogP contribution in [-0.2, 0) is 11.3 Å². The number of carbonyl (C=O) groups is 1. The van der Waals surface area contributed by atoms with E-state index in [1.54, 1.807) is 12.4 Å². The van der Waals surface area contributed by atoms with Crippen molar-refractivity contribution in [2.24, 2.45) is 0 Å². The largest absolute Gasteiger partial charge is 0.446 e. The monoisotopic (exact) mass is 460 g/mol. The van der Waals surface area contributed by atoms with Gasteiger partial charge in [-0.1, -0.05) is 30.3 Å². The maximum absolute atomic E-state index is 13.1. The highest BCUT2D eigenvalue weighted by Gasteiger charge is 2.36. The molecule has 2 aromatic heterocycles. The maximum Gasteiger partial charge on any atom is 0.410 e. The van der Waals surface area contributed by atoms with E-state index in [2.05, 4.69) is 62.9 Å². The smallest absolute Gasteiger partial charge is 0.410 e. The Morgan fingerprint density at radius 2 is 1.68 bits per heavy atom. The molecule has 2 aliphatic rings. The van der Waals surface area contributed by atoms with Crippen LogP contribution in [-0.4, -0.2) is 75.2 Å². The first-order chi connectivity index (χ1) is 16.6. The predicted octanol–water partition coefficient (Wildman–Crippen LogP) is 3.73. The number of nitrogens with zero attached hydrogens (tertiary/aromatic N) is 6. The summed E-state index contributed by atoms with van der Waals surface area (Å²) in [5, 5.41) is 0. The normalized spacial score (nSPS) is 22.2. The number of piperazine rings is 1. The number of carbonyl (C=O) groups excluding carboxylic acids is 1. The molecule has 2 atom stereocenters. The molecule has 0 saturated carbocycles. The van der Waals surface area contributed by atoms with E-state index in [-0.39, 0.29) is 24.3 Å². The van der Waals surface area contributed by atoms with Gasteiger partial charge in [-0.25, -0.2) is 14.8 Å². The van der Waals surface area contributed by atoms with Crippen molar-refractivity contribution in [2.45, 2.75) is 51.4 Å². The zero-order valence-electron chi connectivity index (χ0n) is 19.9. The van der Waals surface area contributed by atoms with Gasteiger partial charge >= 0.3 is 6.09 Å². The SMILES string of the molecule is C[C@@H]1CN(c2ccc3nccnc3n2)C[C@H](C)N1C(=O)OC1CCN(Cc2ccccc2)CC1. The Morgan fingerprint density at radius 1 is 0.971 bits per heavy atom. The number of ether oxygens (including phenoxy) is 1. The molecule has 0 N–H and O–H groups in total. The van der Waals surface area contributed by atoms with Crippen molar-refractivity contribution in [2.75, 3.05) is 31.1 Å². The molecule has 0 bridgehead atoms. The van der Waals surface area contributed by atoms with Crippen molar-refractivity contribution in [3.63, 3.8) is 0 Å². The lowest BCUT2D eigenvalue weighted by atomic mass is 10.1. The molecule has 0 unspecified atom stereocenters. The number of hydrogen-bond acceptors (Lipinski definition) is 7. The Hall–Kier alpha value is -3.26. The van der Waals surface area contributed by atoms with Gasteiger partial charge in [-0.3, -0.25) is 14.8 Å². The van der Waals surface area contributed by atoms with Gasteiger partial charge in [-0.2, -0.15) is 0 Å². The van der Waals surface area contributed by atoms with Crippen LogP contribution in [0.25, 0.3) is 11.2 Å². The molecule has 0 aliphatic carbocycles. The van der Waals surface area contributed by atoms with Crippen molar-refractivity contribution in [3.8, 4) is 0 Å². The molecule has 2 saturated heterocycles. The van der Waals surface area contributed by atoms with Crippen LogP contribution in [0.3, 0.4) is 0 Å². The van der Waals surface area contributed by atoms with E-state index in [0.29, 0.717) is 18.7 Å². The van der Waals surface area contributed by atoms with Gasteiger partial charge in [0.2, 0.25) is 0 Å². The molecule has 2 aliphatic heterocycles. The summed E-state index contributed by atoms with van der Waals surface area (Å²) in [6, 6.07) is 14.5. The van der Waals surface area contributed by atoms with E-state index < -0.39 is 0 Å². The number of anilines is 1. The van der Waals surface area contributed by atoms with Crippen LogP contribution in [0.5, 0.6) is 0 Å². The Labute approximate surface area is 200 Å². The molecule has 5 rings (SSSR count). The number of fused-ring (bicyclic) bond motifs is 1. The Kier molecular flexibility index (Phi) is 6.58. The summed E-state index contributed by atoms with van der Waals surface area (Å²) in [4.78, 5) is 33.0. The topological polar surface area (TPSA) is 74.7 Å². The molecule has 1 aromatic carbocycles. The van der Waals surface area contributed by atoms with Crippen molar-refractivity contribution in [1.82, 2.24) is 24.8 Å². The first-order valence-electron chi connectivity index (χ1n) is 12.1. The number of rotatable bonds is 4. The molecule has 4 heterocycles. The molecule has 0 radical (unpaired) electrons. The maximum atomic E-state index is 13.1. The fraction of sp³-hybridized carbons (Fsp3) is 0.462. The Morgan fingerprint density at radius 3 is 2.41 bits per heavy atom. The summed E-state index contributed by atoms with van der Waals surface area (Å²) in [6.45, 7) is 8.40. The summed E-state index contributed by atoms with van der Waals surface area (Å²) < 4.78 is 5.98. The minimum absolute atomic E-state index is 0.0160. The number of hydrogen-bond donors (Lipinski definition) is 0. The lowest BCUT2D eigenvalue weighted by molar-refractivity contribution is 0.0100. The van der Waals surface area contributed by atoms with Gasteiger partial charge in [0.25, 0.3) is 0 Å². The summed E-state index contributed by atoms with van der Waals surface area (Å²) >= 11 is 0. The molecule has 1 amide bonds. The van der Waals surface area contributed by atoms with Gasteiger partial charge in [0.05, 0.1) is 12.1 Å². The fourth-order valence-electron chi connectivity index (χ4n) is 5.12. The van der Waals surface area contributed by atoms with E-state index in [9.17, 15) is 4.79 Å². The van der Waals surface area contributed by atoms with Crippen molar-refractivity contribution in [1.29, 1.82) is 0 Å². The van der Waals surface area contributed by atoms with E-state index >= 15 is 0 Å². The zero-order valence-corrected chi connectivity index (χ0v) is 19.9. The lowest BCUT2D eigenvalue weighted by Crippen LogP contribution is -2.59. The van der Waals surface area contributed by atoms with Gasteiger partial charge in [-0.15, -0.1) is 0 Å². The van der Waals surface area contributed by atoms with E-state index in [1.807, 2.05) is 23.1 Å². The zero-order chi connectivity index (χ0) is 23.5. The van der Waals surface area contributed by atoms with Gasteiger partial charge in [0.15, 0.2) is 5.65 Å². The highest BCUT2D eigenvalue weighted by atomic mass is 16.6. The molecule has 2 fully saturated rings. The summed E-state index contributed by atoms with van der Waals surface area (Å²) in [7, 11) is 0. The molecule has 8 nitrogen and oxygen atoms in total. The highest BCUT2D eigenvalue weighted by Crippen LogP contribution is 2.24. The molecule has 3 aromatic rings. The second-order valence-electron chi connectivity index (χ2n) is 9.42. The van der Waals surface area contributed by atoms with Crippen LogP contribution >= 0.6 is 0 Å². The Balaban J connectivity index is 1.15.